The zero-order valence-corrected chi connectivity index (χ0v) is 68.0. The Labute approximate surface area is 720 Å². The summed E-state index contributed by atoms with van der Waals surface area (Å²) in [4.78, 5) is 0. The molecule has 4 aromatic heterocycles. The van der Waals surface area contributed by atoms with Crippen molar-refractivity contribution in [3.8, 4) is 172 Å². The first-order valence-electron chi connectivity index (χ1n) is 41.4. The summed E-state index contributed by atoms with van der Waals surface area (Å²) in [6.45, 7) is 3.42. The molecule has 0 amide bonds. The number of fused-ring (bicyclic) bond motifs is 14. The van der Waals surface area contributed by atoms with Crippen LogP contribution in [0.25, 0.3) is 198 Å². The molecule has 0 aliphatic carbocycles. The Bertz CT molecular complexity index is 8410. The first-order chi connectivity index (χ1) is 61.4. The van der Waals surface area contributed by atoms with E-state index in [0.717, 1.165) is 11.4 Å². The Morgan fingerprint density at radius 3 is 0.742 bits per heavy atom. The van der Waals surface area contributed by atoms with E-state index in [1.807, 2.05) is 0 Å². The molecular weight excluding hydrogens is 1500 g/mol. The molecule has 0 N–H and O–H groups in total. The molecule has 22 rings (SSSR count). The molecule has 4 nitrogen and oxygen atoms in total. The van der Waals surface area contributed by atoms with Crippen molar-refractivity contribution in [1.82, 2.24) is 18.3 Å². The van der Waals surface area contributed by atoms with Gasteiger partial charge >= 0.3 is 0 Å². The summed E-state index contributed by atoms with van der Waals surface area (Å²) in [5, 5.41) is 15.0. The minimum Gasteiger partial charge on any atom is -0.309 e. The average Bonchev–Trinajstić information content (AvgIpc) is 1.59. The van der Waals surface area contributed by atoms with E-state index in [1.165, 1.54) is 187 Å². The molecule has 0 radical (unpaired) electrons. The summed E-state index contributed by atoms with van der Waals surface area (Å²) < 4.78 is 9.63. The zero-order chi connectivity index (χ0) is 83.1. The molecule has 124 heavy (non-hydrogen) atoms. The molecule has 0 bridgehead atoms. The van der Waals surface area contributed by atoms with Gasteiger partial charge in [0.25, 0.3) is 0 Å². The molecule has 0 atom stereocenters. The van der Waals surface area contributed by atoms with Crippen molar-refractivity contribution in [2.75, 3.05) is 0 Å². The third-order valence-corrected chi connectivity index (χ3v) is 23.1. The lowest BCUT2D eigenvalue weighted by Crippen LogP contribution is -1.94. The van der Waals surface area contributed by atoms with Gasteiger partial charge in [0.1, 0.15) is 0 Å². The Balaban J connectivity index is 0.000000134. The number of hydrogen-bond acceptors (Lipinski definition) is 0. The van der Waals surface area contributed by atoms with Crippen LogP contribution in [0.5, 0.6) is 0 Å². The Morgan fingerprint density at radius 2 is 0.371 bits per heavy atom. The van der Waals surface area contributed by atoms with Crippen LogP contribution in [0.1, 0.15) is 13.8 Å². The van der Waals surface area contributed by atoms with Crippen LogP contribution in [0.15, 0.2) is 413 Å². The van der Waals surface area contributed by atoms with Gasteiger partial charge < -0.3 is 18.3 Å². The highest BCUT2D eigenvalue weighted by Crippen LogP contribution is 2.43. The Morgan fingerprint density at radius 1 is 0.137 bits per heavy atom. The molecule has 0 aliphatic rings. The molecule has 22 aromatic rings. The second kappa shape index (κ2) is 33.9. The summed E-state index contributed by atoms with van der Waals surface area (Å²) in [6.07, 6.45) is 0. The average molecular weight is 1570 g/mol. The smallest absolute Gasteiger partial charge is 0.0541 e. The molecule has 574 valence electrons. The molecule has 4 heterocycles. The summed E-state index contributed by atoms with van der Waals surface area (Å²) in [5.41, 5.74) is 28.9. The van der Waals surface area contributed by atoms with E-state index < -0.39 is 0 Å². The molecule has 0 unspecified atom stereocenters. The first kappa shape index (κ1) is 75.4. The number of nitrogens with zero attached hydrogens (tertiary/aromatic N) is 4. The lowest BCUT2D eigenvalue weighted by atomic mass is 9.99. The third kappa shape index (κ3) is 14.8. The molecule has 0 saturated heterocycles. The van der Waals surface area contributed by atoms with E-state index in [1.54, 1.807) is 13.8 Å². The second-order valence-corrected chi connectivity index (χ2v) is 30.4. The lowest BCUT2D eigenvalue weighted by molar-refractivity contribution is 1.18. The van der Waals surface area contributed by atoms with E-state index in [2.05, 4.69) is 514 Å². The predicted octanol–water partition coefficient (Wildman–Crippen LogP) is 29.1. The Hall–Kier alpha value is -17.4. The fourth-order valence-electron chi connectivity index (χ4n) is 17.4. The molecule has 0 saturated carbocycles. The minimum atomic E-state index is 1.15. The van der Waals surface area contributed by atoms with Gasteiger partial charge in [0.05, 0.1) is 44.1 Å². The van der Waals surface area contributed by atoms with Gasteiger partial charge in [-0.2, -0.15) is 0 Å². The molecule has 0 spiro atoms. The number of rotatable bonds is 10. The molecule has 4 heteroatoms. The van der Waals surface area contributed by atoms with Crippen molar-refractivity contribution in [2.45, 2.75) is 13.8 Å². The Kier molecular flexibility index (Phi) is 20.6. The summed E-state index contributed by atoms with van der Waals surface area (Å²) in [5.74, 6) is 35.6. The topological polar surface area (TPSA) is 19.7 Å². The van der Waals surface area contributed by atoms with Gasteiger partial charge in [-0.3, -0.25) is 0 Å². The number of para-hydroxylation sites is 4. The van der Waals surface area contributed by atoms with Crippen LogP contribution in [0.2, 0.25) is 0 Å². The first-order valence-corrected chi connectivity index (χ1v) is 41.4. The molecule has 0 fully saturated rings. The fraction of sp³-hybridized carbons (Fsp3) is 0.0167. The van der Waals surface area contributed by atoms with Gasteiger partial charge in [0, 0.05) is 65.8 Å². The van der Waals surface area contributed by atoms with Crippen molar-refractivity contribution in [3.63, 3.8) is 0 Å². The van der Waals surface area contributed by atoms with Gasteiger partial charge in [-0.1, -0.05) is 297 Å². The highest BCUT2D eigenvalue weighted by Gasteiger charge is 2.21. The van der Waals surface area contributed by atoms with Crippen LogP contribution < -0.4 is 0 Å². The van der Waals surface area contributed by atoms with E-state index in [9.17, 15) is 0 Å². The normalized spacial score (nSPS) is 10.7. The summed E-state index contributed by atoms with van der Waals surface area (Å²) in [7, 11) is 0. The maximum absolute atomic E-state index is 2.63. The van der Waals surface area contributed by atoms with Crippen LogP contribution >= 0.6 is 0 Å². The van der Waals surface area contributed by atoms with Gasteiger partial charge in [-0.05, 0) is 301 Å². The highest BCUT2D eigenvalue weighted by molar-refractivity contribution is 6.15. The van der Waals surface area contributed by atoms with Crippen molar-refractivity contribution >= 4 is 109 Å². The minimum absolute atomic E-state index is 1.15. The van der Waals surface area contributed by atoms with Crippen LogP contribution in [0.4, 0.5) is 0 Å². The largest absolute Gasteiger partial charge is 0.309 e. The number of hydrogen-bond donors (Lipinski definition) is 0. The monoisotopic (exact) mass is 1570 g/mol. The second-order valence-electron chi connectivity index (χ2n) is 30.4. The van der Waals surface area contributed by atoms with Crippen LogP contribution in [-0.2, 0) is 0 Å². The van der Waals surface area contributed by atoms with E-state index in [0.29, 0.717) is 0 Å². The van der Waals surface area contributed by atoms with Crippen molar-refractivity contribution < 1.29 is 0 Å². The summed E-state index contributed by atoms with van der Waals surface area (Å²) in [6, 6.07) is 150. The predicted molar refractivity (Wildman–Crippen MR) is 524 cm³/mol. The molecule has 18 aromatic carbocycles. The quantitative estimate of drug-likeness (QED) is 0.122. The fourth-order valence-corrected chi connectivity index (χ4v) is 17.4. The van der Waals surface area contributed by atoms with Crippen molar-refractivity contribution in [2.24, 2.45) is 0 Å². The van der Waals surface area contributed by atoms with Gasteiger partial charge in [-0.25, -0.2) is 0 Å². The summed E-state index contributed by atoms with van der Waals surface area (Å²) >= 11 is 0. The van der Waals surface area contributed by atoms with Crippen LogP contribution in [0, 0.1) is 82.9 Å². The van der Waals surface area contributed by atoms with Gasteiger partial charge in [0.15, 0.2) is 0 Å². The van der Waals surface area contributed by atoms with E-state index in [4.69, 9.17) is 0 Å². The maximum atomic E-state index is 2.63. The molecule has 0 aliphatic heterocycles. The number of benzene rings is 18. The van der Waals surface area contributed by atoms with Crippen LogP contribution in [0.3, 0.4) is 0 Å². The van der Waals surface area contributed by atoms with Gasteiger partial charge in [-0.15, -0.1) is 0 Å². The van der Waals surface area contributed by atoms with Crippen LogP contribution in [-0.4, -0.2) is 18.3 Å². The lowest BCUT2D eigenvalue weighted by Gasteiger charge is -2.12. The van der Waals surface area contributed by atoms with E-state index in [-0.39, 0.29) is 0 Å². The SMILES string of the molecule is CC#CC#CC#CC#CC#CC#CC#CC.c1ccc(-c2ccc(-c3ccc(-n4c5ccccc5c5cc(-c6ccc7c(c6)c6ccccc6n7-c6ccc7ccccc7c6)ccc54)cc3)cc2)cc1.c1ccc(-c2cccc(-c3cccc(-n4c5ccccc5c5cc(-c6ccc7c(c6)c6ccccc6n7-c6ccc7ccccc7c6)ccc54)c3)c2)cc1. The zero-order valence-electron chi connectivity index (χ0n) is 68.0. The maximum Gasteiger partial charge on any atom is 0.0541 e. The van der Waals surface area contributed by atoms with Gasteiger partial charge in [0.2, 0.25) is 0 Å². The van der Waals surface area contributed by atoms with E-state index >= 15 is 0 Å². The number of aromatic nitrogens is 4. The van der Waals surface area contributed by atoms with Crippen molar-refractivity contribution in [1.29, 1.82) is 0 Å². The standard InChI is InChI=1S/2C52H34N2.C16H6/c1-2-12-35(13-3-1)37-16-10-17-38(30-37)40-18-11-19-43(32-40)53-49-22-8-6-20-45(49)47-33-41(25-28-51(47)53)42-26-29-52-48(34-42)46-21-7-9-23-50(46)54(52)44-27-24-36-14-4-5-15-39(36)31-44;1-2-10-35(11-3-1)37-18-20-38(21-19-37)39-22-27-43(28-23-39)53-49-16-8-6-14-45(49)47-33-41(25-30-51(47)53)42-26-31-52-48(34-42)46-15-7-9-17-50(46)54(52)44-29-24-36-12-4-5-13-40(36)32-44;1-3-5-7-9-11-13-15-16-14-12-10-8-6-4-2/h2*1-34H;1-2H3. The third-order valence-electron chi connectivity index (χ3n) is 23.1. The highest BCUT2D eigenvalue weighted by atomic mass is 15.0. The van der Waals surface area contributed by atoms with Crippen molar-refractivity contribution in [3.05, 3.63) is 413 Å². The molecular formula is C120H74N4.